The van der Waals surface area contributed by atoms with Gasteiger partial charge in [0, 0.05) is 23.2 Å². The van der Waals surface area contributed by atoms with Crippen molar-refractivity contribution in [3.8, 4) is 0 Å². The third-order valence-electron chi connectivity index (χ3n) is 8.95. The van der Waals surface area contributed by atoms with Crippen molar-refractivity contribution in [2.24, 2.45) is 28.6 Å². The number of aliphatic carboxylic acids is 1. The van der Waals surface area contributed by atoms with Gasteiger partial charge in [-0.2, -0.15) is 0 Å². The van der Waals surface area contributed by atoms with Crippen molar-refractivity contribution in [3.63, 3.8) is 0 Å². The highest BCUT2D eigenvalue weighted by molar-refractivity contribution is 5.91. The predicted molar refractivity (Wildman–Crippen MR) is 95.6 cm³/mol. The molecule has 0 radical (unpaired) electrons. The summed E-state index contributed by atoms with van der Waals surface area (Å²) in [5.41, 5.74) is -5.11. The molecule has 3 saturated carbocycles. The standard InChI is InChI=1S/C21H29FO5/c1-11-8-15-14-5-4-12-9-13(23)6-7-18(12,2)20(14,22)16(24)10-19(15,3)21(11,27)17(25)26/h9,11,14-16,24,27H,4-8,10H2,1-3H3,(H,25,26). The fourth-order valence-corrected chi connectivity index (χ4v) is 7.36. The van der Waals surface area contributed by atoms with Gasteiger partial charge in [0.05, 0.1) is 6.10 Å². The third kappa shape index (κ3) is 1.96. The van der Waals surface area contributed by atoms with Crippen LogP contribution in [0, 0.1) is 28.6 Å². The number of carbonyl (C=O) groups excluding carboxylic acids is 1. The minimum atomic E-state index is -1.97. The highest BCUT2D eigenvalue weighted by Crippen LogP contribution is 2.71. The van der Waals surface area contributed by atoms with Gasteiger partial charge < -0.3 is 15.3 Å². The molecule has 8 atom stereocenters. The van der Waals surface area contributed by atoms with Crippen LogP contribution in [0.4, 0.5) is 4.39 Å². The molecule has 0 spiro atoms. The molecule has 0 saturated heterocycles. The Kier molecular flexibility index (Phi) is 3.82. The van der Waals surface area contributed by atoms with Gasteiger partial charge in [0.15, 0.2) is 11.4 Å². The Hall–Kier alpha value is -1.27. The number of halogens is 1. The molecule has 8 unspecified atom stereocenters. The van der Waals surface area contributed by atoms with Crippen LogP contribution in [0.25, 0.3) is 0 Å². The van der Waals surface area contributed by atoms with Crippen molar-refractivity contribution in [2.45, 2.75) is 76.7 Å². The van der Waals surface area contributed by atoms with E-state index >= 15 is 4.39 Å². The molecule has 27 heavy (non-hydrogen) atoms. The molecule has 4 aliphatic rings. The molecule has 0 bridgehead atoms. The van der Waals surface area contributed by atoms with Gasteiger partial charge >= 0.3 is 5.97 Å². The summed E-state index contributed by atoms with van der Waals surface area (Å²) in [5.74, 6) is -2.65. The second-order valence-corrected chi connectivity index (χ2v) is 9.83. The van der Waals surface area contributed by atoms with Gasteiger partial charge in [0.2, 0.25) is 0 Å². The number of allylic oxidation sites excluding steroid dienone is 1. The van der Waals surface area contributed by atoms with E-state index in [1.165, 1.54) is 0 Å². The van der Waals surface area contributed by atoms with Crippen molar-refractivity contribution in [1.29, 1.82) is 0 Å². The van der Waals surface area contributed by atoms with Crippen LogP contribution in [0.3, 0.4) is 0 Å². The van der Waals surface area contributed by atoms with Crippen LogP contribution in [0.1, 0.15) is 59.3 Å². The molecule has 0 heterocycles. The van der Waals surface area contributed by atoms with Crippen LogP contribution in [0.15, 0.2) is 11.6 Å². The normalized spacial score (nSPS) is 54.6. The van der Waals surface area contributed by atoms with E-state index in [4.69, 9.17) is 0 Å². The first-order chi connectivity index (χ1) is 12.4. The smallest absolute Gasteiger partial charge is 0.336 e. The molecule has 0 aromatic carbocycles. The Morgan fingerprint density at radius 3 is 2.56 bits per heavy atom. The second-order valence-electron chi connectivity index (χ2n) is 9.83. The number of carbonyl (C=O) groups is 2. The summed E-state index contributed by atoms with van der Waals surface area (Å²) in [5, 5.41) is 32.0. The number of ketones is 1. The topological polar surface area (TPSA) is 94.8 Å². The summed E-state index contributed by atoms with van der Waals surface area (Å²) in [7, 11) is 0. The Balaban J connectivity index is 1.84. The second kappa shape index (κ2) is 5.41. The van der Waals surface area contributed by atoms with E-state index in [2.05, 4.69) is 0 Å². The summed E-state index contributed by atoms with van der Waals surface area (Å²) < 4.78 is 16.8. The first kappa shape index (κ1) is 19.1. The number of carboxylic acids is 1. The first-order valence-electron chi connectivity index (χ1n) is 9.99. The summed E-state index contributed by atoms with van der Waals surface area (Å²) in [4.78, 5) is 23.9. The molecule has 5 nitrogen and oxygen atoms in total. The summed E-state index contributed by atoms with van der Waals surface area (Å²) in [6.45, 7) is 5.22. The molecular formula is C21H29FO5. The van der Waals surface area contributed by atoms with Crippen LogP contribution in [-0.2, 0) is 9.59 Å². The van der Waals surface area contributed by atoms with Crippen molar-refractivity contribution >= 4 is 11.8 Å². The third-order valence-corrected chi connectivity index (χ3v) is 8.95. The van der Waals surface area contributed by atoms with E-state index < -0.39 is 46.0 Å². The van der Waals surface area contributed by atoms with Gasteiger partial charge in [-0.25, -0.2) is 9.18 Å². The van der Waals surface area contributed by atoms with E-state index in [9.17, 15) is 24.9 Å². The lowest BCUT2D eigenvalue weighted by molar-refractivity contribution is -0.233. The lowest BCUT2D eigenvalue weighted by atomic mass is 9.44. The lowest BCUT2D eigenvalue weighted by Crippen LogP contribution is -2.69. The van der Waals surface area contributed by atoms with E-state index in [1.54, 1.807) is 19.9 Å². The molecule has 6 heteroatoms. The Morgan fingerprint density at radius 2 is 1.93 bits per heavy atom. The molecule has 3 fully saturated rings. The van der Waals surface area contributed by atoms with Crippen LogP contribution in [-0.4, -0.2) is 44.4 Å². The van der Waals surface area contributed by atoms with Crippen molar-refractivity contribution < 1.29 is 29.3 Å². The zero-order chi connectivity index (χ0) is 20.0. The average Bonchev–Trinajstić information content (AvgIpc) is 2.79. The quantitative estimate of drug-likeness (QED) is 0.650. The Labute approximate surface area is 158 Å². The van der Waals surface area contributed by atoms with Gasteiger partial charge in [-0.15, -0.1) is 0 Å². The number of fused-ring (bicyclic) bond motifs is 5. The Morgan fingerprint density at radius 1 is 1.26 bits per heavy atom. The molecule has 0 aromatic heterocycles. The SMILES string of the molecule is CC1CC2C3CCC4=CC(=O)CCC4(C)C3(F)C(O)CC2(C)C1(O)C(=O)O. The maximum Gasteiger partial charge on any atom is 0.336 e. The largest absolute Gasteiger partial charge is 0.479 e. The fraction of sp³-hybridized carbons (Fsp3) is 0.810. The van der Waals surface area contributed by atoms with Gasteiger partial charge in [0.25, 0.3) is 0 Å². The number of hydrogen-bond acceptors (Lipinski definition) is 4. The predicted octanol–water partition coefficient (Wildman–Crippen LogP) is 2.64. The number of carboxylic acid groups (broad SMARTS) is 1. The number of aliphatic hydroxyl groups is 2. The van der Waals surface area contributed by atoms with Gasteiger partial charge in [-0.05, 0) is 50.0 Å². The van der Waals surface area contributed by atoms with Crippen LogP contribution in [0.2, 0.25) is 0 Å². The maximum atomic E-state index is 16.8. The van der Waals surface area contributed by atoms with Gasteiger partial charge in [0.1, 0.15) is 5.67 Å². The molecule has 3 N–H and O–H groups in total. The summed E-state index contributed by atoms with van der Waals surface area (Å²) >= 11 is 0. The van der Waals surface area contributed by atoms with E-state index in [-0.39, 0.29) is 24.5 Å². The molecule has 150 valence electrons. The zero-order valence-corrected chi connectivity index (χ0v) is 16.2. The molecule has 0 aromatic rings. The van der Waals surface area contributed by atoms with Crippen molar-refractivity contribution in [3.05, 3.63) is 11.6 Å². The zero-order valence-electron chi connectivity index (χ0n) is 16.2. The maximum absolute atomic E-state index is 16.8. The summed E-state index contributed by atoms with van der Waals surface area (Å²) in [6.07, 6.45) is 2.20. The molecule has 0 amide bonds. The minimum absolute atomic E-state index is 0.00871. The van der Waals surface area contributed by atoms with Gasteiger partial charge in [-0.3, -0.25) is 4.79 Å². The monoisotopic (exact) mass is 380 g/mol. The average molecular weight is 380 g/mol. The first-order valence-corrected chi connectivity index (χ1v) is 9.99. The highest BCUT2D eigenvalue weighted by Gasteiger charge is 2.76. The van der Waals surface area contributed by atoms with Crippen molar-refractivity contribution in [2.75, 3.05) is 0 Å². The van der Waals surface area contributed by atoms with E-state index in [1.807, 2.05) is 6.92 Å². The number of hydrogen-bond donors (Lipinski definition) is 3. The summed E-state index contributed by atoms with van der Waals surface area (Å²) in [6, 6.07) is 0. The van der Waals surface area contributed by atoms with E-state index in [0.717, 1.165) is 5.57 Å². The molecule has 4 rings (SSSR count). The van der Waals surface area contributed by atoms with Crippen LogP contribution < -0.4 is 0 Å². The van der Waals surface area contributed by atoms with E-state index in [0.29, 0.717) is 25.7 Å². The van der Waals surface area contributed by atoms with Crippen LogP contribution >= 0.6 is 0 Å². The van der Waals surface area contributed by atoms with Crippen molar-refractivity contribution in [1.82, 2.24) is 0 Å². The van der Waals surface area contributed by atoms with Gasteiger partial charge in [-0.1, -0.05) is 26.3 Å². The molecule has 0 aliphatic heterocycles. The van der Waals surface area contributed by atoms with Crippen LogP contribution in [0.5, 0.6) is 0 Å². The number of alkyl halides is 1. The highest BCUT2D eigenvalue weighted by atomic mass is 19.1. The minimum Gasteiger partial charge on any atom is -0.479 e. The lowest BCUT2D eigenvalue weighted by Gasteiger charge is -2.63. The number of rotatable bonds is 1. The molecular weight excluding hydrogens is 351 g/mol. The Bertz CT molecular complexity index is 749. The molecule has 4 aliphatic carbocycles. The fourth-order valence-electron chi connectivity index (χ4n) is 7.36. The number of aliphatic hydroxyl groups excluding tert-OH is 1.